The molecule has 0 unspecified atom stereocenters. The maximum absolute atomic E-state index is 12.8. The number of rotatable bonds is 5. The van der Waals surface area contributed by atoms with Gasteiger partial charge in [0.05, 0.1) is 18.6 Å². The van der Waals surface area contributed by atoms with E-state index >= 15 is 0 Å². The number of sulfonamides is 1. The first-order valence-corrected chi connectivity index (χ1v) is 9.78. The number of benzene rings is 1. The first-order valence-electron chi connectivity index (χ1n) is 8.34. The highest BCUT2D eigenvalue weighted by molar-refractivity contribution is 7.89. The van der Waals surface area contributed by atoms with E-state index in [-0.39, 0.29) is 10.5 Å². The van der Waals surface area contributed by atoms with Crippen molar-refractivity contribution < 1.29 is 13.2 Å². The fourth-order valence-corrected chi connectivity index (χ4v) is 4.54. The second-order valence-corrected chi connectivity index (χ2v) is 8.09. The minimum atomic E-state index is -3.56. The van der Waals surface area contributed by atoms with E-state index in [9.17, 15) is 13.2 Å². The summed E-state index contributed by atoms with van der Waals surface area (Å²) in [6.07, 6.45) is 4.25. The maximum Gasteiger partial charge on any atom is 0.250 e. The van der Waals surface area contributed by atoms with Crippen molar-refractivity contribution in [2.24, 2.45) is 0 Å². The molecule has 0 bridgehead atoms. The monoisotopic (exact) mass is 362 g/mol. The molecule has 1 saturated heterocycles. The number of pyridine rings is 1. The predicted octanol–water partition coefficient (Wildman–Crippen LogP) is 2.08. The predicted molar refractivity (Wildman–Crippen MR) is 95.4 cm³/mol. The Morgan fingerprint density at radius 2 is 1.84 bits per heavy atom. The van der Waals surface area contributed by atoms with Crippen LogP contribution in [0.15, 0.2) is 52.3 Å². The third kappa shape index (κ3) is 3.93. The second kappa shape index (κ2) is 7.41. The molecule has 1 aliphatic rings. The second-order valence-electron chi connectivity index (χ2n) is 6.15. The summed E-state index contributed by atoms with van der Waals surface area (Å²) in [4.78, 5) is 12.3. The summed E-state index contributed by atoms with van der Waals surface area (Å²) < 4.78 is 33.7. The first-order chi connectivity index (χ1) is 12.0. The van der Waals surface area contributed by atoms with Gasteiger partial charge in [0.15, 0.2) is 0 Å². The summed E-state index contributed by atoms with van der Waals surface area (Å²) in [5, 5.41) is 0. The first kappa shape index (κ1) is 17.7. The van der Waals surface area contributed by atoms with Gasteiger partial charge in [-0.1, -0.05) is 18.6 Å². The van der Waals surface area contributed by atoms with Crippen molar-refractivity contribution in [2.45, 2.75) is 30.7 Å². The molecule has 6 nitrogen and oxygen atoms in total. The lowest BCUT2D eigenvalue weighted by Gasteiger charge is -2.26. The van der Waals surface area contributed by atoms with Gasteiger partial charge in [-0.25, -0.2) is 8.42 Å². The number of hydrogen-bond donors (Lipinski definition) is 0. The Bertz CT molecular complexity index is 899. The number of methoxy groups -OCH3 is 1. The van der Waals surface area contributed by atoms with Crippen molar-refractivity contribution >= 4 is 10.0 Å². The van der Waals surface area contributed by atoms with E-state index in [1.807, 2.05) is 24.3 Å². The zero-order valence-corrected chi connectivity index (χ0v) is 15.0. The molecular formula is C18H22N2O4S. The smallest absolute Gasteiger partial charge is 0.250 e. The van der Waals surface area contributed by atoms with Crippen molar-refractivity contribution in [3.63, 3.8) is 0 Å². The quantitative estimate of drug-likeness (QED) is 0.817. The van der Waals surface area contributed by atoms with E-state index in [0.717, 1.165) is 24.8 Å². The Morgan fingerprint density at radius 1 is 1.08 bits per heavy atom. The topological polar surface area (TPSA) is 68.6 Å². The SMILES string of the molecule is COc1cccc(Cn2cc(S(=O)(=O)N3CCCCC3)ccc2=O)c1. The van der Waals surface area contributed by atoms with Crippen LogP contribution < -0.4 is 10.3 Å². The molecule has 2 heterocycles. The normalized spacial score (nSPS) is 15.9. The zero-order chi connectivity index (χ0) is 17.9. The Balaban J connectivity index is 1.91. The number of ether oxygens (including phenoxy) is 1. The van der Waals surface area contributed by atoms with Gasteiger partial charge in [0, 0.05) is 25.4 Å². The van der Waals surface area contributed by atoms with Gasteiger partial charge < -0.3 is 9.30 Å². The molecule has 0 saturated carbocycles. The van der Waals surface area contributed by atoms with Crippen LogP contribution in [0.4, 0.5) is 0 Å². The largest absolute Gasteiger partial charge is 0.497 e. The van der Waals surface area contributed by atoms with Crippen LogP contribution in [-0.4, -0.2) is 37.5 Å². The standard InChI is InChI=1S/C18H22N2O4S/c1-24-16-7-5-6-15(12-16)13-19-14-17(8-9-18(19)21)25(22,23)20-10-3-2-4-11-20/h5-9,12,14H,2-4,10-11,13H2,1H3. The van der Waals surface area contributed by atoms with Gasteiger partial charge in [-0.2, -0.15) is 4.31 Å². The van der Waals surface area contributed by atoms with Crippen LogP contribution in [-0.2, 0) is 16.6 Å². The summed E-state index contributed by atoms with van der Waals surface area (Å²) in [7, 11) is -1.98. The fraction of sp³-hybridized carbons (Fsp3) is 0.389. The highest BCUT2D eigenvalue weighted by Crippen LogP contribution is 2.20. The summed E-state index contributed by atoms with van der Waals surface area (Å²) in [5.74, 6) is 0.697. The van der Waals surface area contributed by atoms with E-state index in [1.54, 1.807) is 7.11 Å². The number of nitrogens with zero attached hydrogens (tertiary/aromatic N) is 2. The van der Waals surface area contributed by atoms with Gasteiger partial charge in [0.1, 0.15) is 5.75 Å². The molecule has 0 aliphatic carbocycles. The molecule has 2 aromatic rings. The molecule has 7 heteroatoms. The summed E-state index contributed by atoms with van der Waals surface area (Å²) >= 11 is 0. The van der Waals surface area contributed by atoms with Crippen LogP contribution in [0.3, 0.4) is 0 Å². The maximum atomic E-state index is 12.8. The molecule has 0 radical (unpaired) electrons. The van der Waals surface area contributed by atoms with Gasteiger partial charge in [-0.15, -0.1) is 0 Å². The molecule has 0 N–H and O–H groups in total. The van der Waals surface area contributed by atoms with Crippen molar-refractivity contribution in [1.29, 1.82) is 0 Å². The molecular weight excluding hydrogens is 340 g/mol. The third-order valence-electron chi connectivity index (χ3n) is 4.40. The lowest BCUT2D eigenvalue weighted by atomic mass is 10.2. The summed E-state index contributed by atoms with van der Waals surface area (Å²) in [5.41, 5.74) is 0.634. The van der Waals surface area contributed by atoms with E-state index in [2.05, 4.69) is 0 Å². The van der Waals surface area contributed by atoms with Crippen LogP contribution in [0.5, 0.6) is 5.75 Å². The fourth-order valence-electron chi connectivity index (χ4n) is 3.01. The van der Waals surface area contributed by atoms with Gasteiger partial charge in [0.2, 0.25) is 10.0 Å². The summed E-state index contributed by atoms with van der Waals surface area (Å²) in [6.45, 7) is 1.37. The van der Waals surface area contributed by atoms with Crippen LogP contribution >= 0.6 is 0 Å². The molecule has 0 spiro atoms. The highest BCUT2D eigenvalue weighted by Gasteiger charge is 2.26. The molecule has 3 rings (SSSR count). The number of hydrogen-bond acceptors (Lipinski definition) is 4. The molecule has 1 aliphatic heterocycles. The zero-order valence-electron chi connectivity index (χ0n) is 14.2. The van der Waals surface area contributed by atoms with Crippen LogP contribution in [0.1, 0.15) is 24.8 Å². The van der Waals surface area contributed by atoms with Gasteiger partial charge >= 0.3 is 0 Å². The molecule has 0 atom stereocenters. The molecule has 134 valence electrons. The Kier molecular flexibility index (Phi) is 5.24. The van der Waals surface area contributed by atoms with E-state index in [4.69, 9.17) is 4.74 Å². The average Bonchev–Trinajstić information content (AvgIpc) is 2.64. The van der Waals surface area contributed by atoms with Crippen LogP contribution in [0, 0.1) is 0 Å². The van der Waals surface area contributed by atoms with E-state index in [0.29, 0.717) is 25.4 Å². The van der Waals surface area contributed by atoms with Crippen molar-refractivity contribution in [3.8, 4) is 5.75 Å². The van der Waals surface area contributed by atoms with E-state index in [1.165, 1.54) is 27.2 Å². The highest BCUT2D eigenvalue weighted by atomic mass is 32.2. The van der Waals surface area contributed by atoms with Crippen molar-refractivity contribution in [3.05, 3.63) is 58.5 Å². The lowest BCUT2D eigenvalue weighted by molar-refractivity contribution is 0.346. The van der Waals surface area contributed by atoms with Gasteiger partial charge in [-0.3, -0.25) is 4.79 Å². The molecule has 25 heavy (non-hydrogen) atoms. The molecule has 1 aromatic heterocycles. The molecule has 1 fully saturated rings. The van der Waals surface area contributed by atoms with Crippen LogP contribution in [0.25, 0.3) is 0 Å². The summed E-state index contributed by atoms with van der Waals surface area (Å²) in [6, 6.07) is 10.1. The average molecular weight is 362 g/mol. The van der Waals surface area contributed by atoms with Crippen molar-refractivity contribution in [1.82, 2.24) is 8.87 Å². The lowest BCUT2D eigenvalue weighted by Crippen LogP contribution is -2.36. The molecule has 0 amide bonds. The van der Waals surface area contributed by atoms with Crippen LogP contribution in [0.2, 0.25) is 0 Å². The molecule has 1 aromatic carbocycles. The Labute approximate surface area is 147 Å². The Morgan fingerprint density at radius 3 is 2.56 bits per heavy atom. The van der Waals surface area contributed by atoms with E-state index < -0.39 is 10.0 Å². The number of piperidine rings is 1. The van der Waals surface area contributed by atoms with Gasteiger partial charge in [-0.05, 0) is 36.6 Å². The van der Waals surface area contributed by atoms with Crippen molar-refractivity contribution in [2.75, 3.05) is 20.2 Å². The minimum Gasteiger partial charge on any atom is -0.497 e. The Hall–Kier alpha value is -2.12. The third-order valence-corrected chi connectivity index (χ3v) is 6.28. The number of aromatic nitrogens is 1. The van der Waals surface area contributed by atoms with Gasteiger partial charge in [0.25, 0.3) is 5.56 Å². The minimum absolute atomic E-state index is 0.164.